The van der Waals surface area contributed by atoms with E-state index < -0.39 is 271 Å². The number of unbranched alkanes of at least 4 members (excludes halogenated alkanes) is 5. The molecule has 2 saturated heterocycles. The van der Waals surface area contributed by atoms with Crippen LogP contribution in [-0.4, -0.2) is 243 Å². The average Bonchev–Trinajstić information content (AvgIpc) is 0.759. The van der Waals surface area contributed by atoms with Crippen LogP contribution in [0, 0.1) is 5.92 Å². The van der Waals surface area contributed by atoms with E-state index in [1.54, 1.807) is 0 Å². The van der Waals surface area contributed by atoms with Crippen LogP contribution in [0.5, 0.6) is 69.0 Å². The summed E-state index contributed by atoms with van der Waals surface area (Å²) in [6.45, 7) is 4.54. The Bertz CT molecular complexity index is 5460. The van der Waals surface area contributed by atoms with Crippen molar-refractivity contribution in [2.75, 3.05) is 13.7 Å². The zero-order valence-corrected chi connectivity index (χ0v) is 68.4. The molecule has 0 aliphatic carbocycles. The van der Waals surface area contributed by atoms with E-state index in [2.05, 4.69) is 54.1 Å². The number of likely N-dealkylation sites (N-methyl/N-ethyl adjacent to an activating group) is 1. The lowest BCUT2D eigenvalue weighted by Crippen LogP contribution is -2.60. The smallest absolute Gasteiger partial charge is 0.335 e. The summed E-state index contributed by atoms with van der Waals surface area (Å²) in [5.74, 6) is -18.7. The predicted molar refractivity (Wildman–Crippen MR) is 447 cm³/mol. The molecule has 0 amide bonds. The summed E-state index contributed by atoms with van der Waals surface area (Å²) >= 11 is 14.2. The van der Waals surface area contributed by atoms with E-state index in [0.29, 0.717) is 24.3 Å². The molecular formula is C85H90Cl2N8O30. The number of phenolic OH excluding ortho intramolecular Hbond substituents is 4. The Morgan fingerprint density at radius 1 is 0.536 bits per heavy atom. The van der Waals surface area contributed by atoms with Crippen LogP contribution >= 0.6 is 23.2 Å². The molecule has 15 rings (SSSR count). The molecule has 125 heavy (non-hydrogen) atoms. The van der Waals surface area contributed by atoms with Gasteiger partial charge in [0.25, 0.3) is 0 Å². The number of rotatable bonds is 19. The molecule has 8 aliphatic heterocycles. The first-order valence-corrected chi connectivity index (χ1v) is 40.3. The number of esters is 1. The number of fused-ring (bicyclic) bond motifs is 12. The highest BCUT2D eigenvalue weighted by molar-refractivity contribution is 6.33. The Labute approximate surface area is 720 Å². The lowest BCUT2D eigenvalue weighted by atomic mass is 9.90. The fourth-order valence-electron chi connectivity index (χ4n) is 15.0. The Balaban J connectivity index is 1.09. The second-order valence-corrected chi connectivity index (χ2v) is 31.6. The number of phenols is 4. The number of aliphatic hydroxyl groups is 13. The molecule has 18 atom stereocenters. The van der Waals surface area contributed by atoms with Crippen molar-refractivity contribution >= 4 is 82.4 Å². The highest BCUT2D eigenvalue weighted by Crippen LogP contribution is 2.52. The minimum Gasteiger partial charge on any atom is -0.508 e. The summed E-state index contributed by atoms with van der Waals surface area (Å²) in [7, 11) is 1.45. The lowest BCUT2D eigenvalue weighted by molar-refractivity contribution is -0.278. The van der Waals surface area contributed by atoms with Crippen molar-refractivity contribution in [1.29, 1.82) is 0 Å². The standard InChI is InChI=1S/C85H90Cl2N8O30/c1-34(2)11-9-7-5-6-8-10-12-58(101)90-67-70(104)72(106)75(83(116)117)125-84(67)124-74-55-27-40-28-56(74)121-52-22-17-39(25-47(52)86)68(102)66-81(113)94-65(82(114)115)45-29-41(97)30-54(122-85-73(107)71(105)69(103)57(123-85)33-118-35(3)96)59(45)44-24-37(15-20-49(44)98)62(78(110)95-66)91-79(111)63(40)92-80(112)64-46-31-43(32-51(100)60(46)87)120-53-26-38(16-21-50(53)99)61(88-4)77(109)89-48(76(108)93-64)23-36-13-18-42(119-55)19-14-36/h13-22,24-32,34,48,57,61-73,75,84-85,88,97-100,102-107H,5-12,23,33H2,1-4H3,(H,89,109)(H,90,101)(H,91,111)(H,92,112)(H,93,108)(H,94,113)(H,95,110)(H,114,115)(H,116,117)/t48-,57-,61-,62-,63-,64+,65+,66+,67-,68-,69-,70-,71+,72+,73+,75+,84-,85+/m1/s1. The molecule has 38 nitrogen and oxygen atoms in total. The molecule has 8 heterocycles. The van der Waals surface area contributed by atoms with Crippen LogP contribution < -0.4 is 29.0 Å². The van der Waals surface area contributed by atoms with Gasteiger partial charge < -0.3 is 140 Å². The van der Waals surface area contributed by atoms with Crippen molar-refractivity contribution in [2.24, 2.45) is 40.9 Å². The number of carbonyl (C=O) groups is 3. The van der Waals surface area contributed by atoms with Gasteiger partial charge in [-0.2, -0.15) is 0 Å². The fourth-order valence-corrected chi connectivity index (χ4v) is 15.4. The van der Waals surface area contributed by atoms with Gasteiger partial charge in [-0.05, 0) is 120 Å². The van der Waals surface area contributed by atoms with Crippen LogP contribution in [0.15, 0.2) is 150 Å². The van der Waals surface area contributed by atoms with E-state index in [4.69, 9.17) is 61.1 Å². The number of nitrogens with zero attached hydrogens (tertiary/aromatic N) is 7. The van der Waals surface area contributed by atoms with E-state index in [0.717, 1.165) is 112 Å². The molecule has 7 aromatic rings. The van der Waals surface area contributed by atoms with Crippen LogP contribution in [0.2, 0.25) is 10.0 Å². The molecule has 7 aromatic carbocycles. The van der Waals surface area contributed by atoms with Gasteiger partial charge >= 0.3 is 17.9 Å². The maximum atomic E-state index is 13.9. The summed E-state index contributed by atoms with van der Waals surface area (Å²) in [5, 5.41) is 230. The van der Waals surface area contributed by atoms with Gasteiger partial charge in [-0.3, -0.25) is 4.79 Å². The highest BCUT2D eigenvalue weighted by Gasteiger charge is 2.51. The molecule has 8 aliphatic rings. The van der Waals surface area contributed by atoms with Gasteiger partial charge in [-0.15, -0.1) is 0 Å². The summed E-state index contributed by atoms with van der Waals surface area (Å²) in [4.78, 5) is 70.2. The second-order valence-electron chi connectivity index (χ2n) is 30.8. The third-order valence-corrected chi connectivity index (χ3v) is 22.2. The Hall–Kier alpha value is -12.3. The number of halogens is 2. The van der Waals surface area contributed by atoms with Gasteiger partial charge in [-0.1, -0.05) is 106 Å². The first-order chi connectivity index (χ1) is 59.5. The van der Waals surface area contributed by atoms with Gasteiger partial charge in [0.15, 0.2) is 65.2 Å². The summed E-state index contributed by atoms with van der Waals surface area (Å²) in [6.07, 6.45) is -16.2. The number of carboxylic acids is 2. The summed E-state index contributed by atoms with van der Waals surface area (Å²) in [5.41, 5.74) is -3.13. The number of nitrogens with one attached hydrogen (secondary N) is 1. The van der Waals surface area contributed by atoms with Crippen molar-refractivity contribution in [3.05, 3.63) is 164 Å². The summed E-state index contributed by atoms with van der Waals surface area (Å²) in [6, 6.07) is 4.83. The van der Waals surface area contributed by atoms with Crippen LogP contribution in [0.4, 0.5) is 0 Å². The van der Waals surface area contributed by atoms with Crippen LogP contribution in [0.3, 0.4) is 0 Å². The number of aliphatic imine (C=N–C) groups is 7. The zero-order chi connectivity index (χ0) is 89.8. The Morgan fingerprint density at radius 2 is 1.18 bits per heavy atom. The maximum absolute atomic E-state index is 13.9. The number of carboxylic acid groups (broad SMARTS) is 2. The molecule has 0 aromatic heterocycles. The number of hydrogen-bond acceptors (Lipinski definition) is 29. The van der Waals surface area contributed by atoms with E-state index in [-0.39, 0.29) is 41.2 Å². The van der Waals surface area contributed by atoms with Gasteiger partial charge in [-0.25, -0.2) is 44.5 Å². The summed E-state index contributed by atoms with van der Waals surface area (Å²) < 4.78 is 49.4. The van der Waals surface area contributed by atoms with E-state index in [9.17, 15) is 111 Å². The van der Waals surface area contributed by atoms with E-state index in [1.165, 1.54) is 49.5 Å². The molecule has 664 valence electrons. The molecule has 0 spiro atoms. The van der Waals surface area contributed by atoms with Crippen LogP contribution in [-0.2, 0) is 35.0 Å². The van der Waals surface area contributed by atoms with Crippen molar-refractivity contribution in [1.82, 2.24) is 5.32 Å². The van der Waals surface area contributed by atoms with Crippen molar-refractivity contribution in [3.8, 4) is 80.1 Å². The third-order valence-electron chi connectivity index (χ3n) is 21.5. The topological polar surface area (TPSA) is 608 Å². The van der Waals surface area contributed by atoms with E-state index in [1.807, 2.05) is 0 Å². The Kier molecular flexibility index (Phi) is 27.8. The molecule has 40 heteroatoms. The predicted octanol–water partition coefficient (Wildman–Crippen LogP) is 10.6. The van der Waals surface area contributed by atoms with Crippen molar-refractivity contribution in [3.63, 3.8) is 0 Å². The quantitative estimate of drug-likeness (QED) is 0.0155. The fraction of sp³-hybridized carbons (Fsp3) is 0.388. The van der Waals surface area contributed by atoms with Crippen LogP contribution in [0.25, 0.3) is 11.1 Å². The van der Waals surface area contributed by atoms with Gasteiger partial charge in [0.05, 0.1) is 10.0 Å². The molecule has 0 radical (unpaired) electrons. The van der Waals surface area contributed by atoms with Gasteiger partial charge in [0.2, 0.25) is 53.7 Å². The maximum Gasteiger partial charge on any atom is 0.335 e. The number of ether oxygens (including phenoxy) is 8. The zero-order valence-electron chi connectivity index (χ0n) is 66.9. The SMILES string of the molecule is CN[C@H]1C(O)=N[C@@H]2Cc3ccc(cc3)Oc3cc4cc(c3O[C@@H]3O[C@H](C(=O)O)[C@@H](O)[C@H](O)[C@H]3N=C(O)CCCCCCCCC(C)C)Oc3ccc(cc3Cl)[C@@H](O)[C@@H]3N=C(O)[C@H](N=C(O)[C@@H]4N=C(O)[C@@H](N=C2O)c2cc(cc(O)c2Cl)Oc2cc1ccc2O)c1ccc(O)c(c1)-c1c(O[C@H]2O[C@H](COC(C)=O)[C@@H](O)[C@H](O)[C@@H]2O)cc(O)cc1[C@@H](C(=O)O)N=C3O. The highest BCUT2D eigenvalue weighted by atomic mass is 35.5. The van der Waals surface area contributed by atoms with Crippen LogP contribution in [0.1, 0.15) is 147 Å². The van der Waals surface area contributed by atoms with Gasteiger partial charge in [0, 0.05) is 54.2 Å². The molecular weight excluding hydrogens is 1680 g/mol. The third kappa shape index (κ3) is 20.1. The first kappa shape index (κ1) is 90.4. The number of aliphatic hydroxyl groups excluding tert-OH is 13. The minimum atomic E-state index is -2.51. The number of aromatic hydroxyl groups is 4. The number of benzene rings is 7. The Morgan fingerprint density at radius 3 is 1.86 bits per heavy atom. The number of hydrogen-bond donors (Lipinski definition) is 20. The first-order valence-electron chi connectivity index (χ1n) is 39.5. The molecule has 0 saturated carbocycles. The number of aliphatic carboxylic acids is 2. The van der Waals surface area contributed by atoms with Gasteiger partial charge in [0.1, 0.15) is 108 Å². The van der Waals surface area contributed by atoms with E-state index >= 15 is 0 Å². The second kappa shape index (κ2) is 38.4. The lowest BCUT2D eigenvalue weighted by Gasteiger charge is -2.40. The monoisotopic (exact) mass is 1770 g/mol. The normalized spacial score (nSPS) is 26.3. The average molecular weight is 1770 g/mol. The minimum absolute atomic E-state index is 0.0910. The molecule has 2 fully saturated rings. The van der Waals surface area contributed by atoms with Crippen molar-refractivity contribution in [2.45, 2.75) is 188 Å². The molecule has 17 bridgehead atoms. The largest absolute Gasteiger partial charge is 0.508 e. The molecule has 20 N–H and O–H groups in total. The van der Waals surface area contributed by atoms with Crippen molar-refractivity contribution < 1.29 is 149 Å². The number of carbonyl (C=O) groups excluding carboxylic acids is 1. The molecule has 0 unspecified atom stereocenters.